The van der Waals surface area contributed by atoms with Crippen molar-refractivity contribution in [3.8, 4) is 0 Å². The summed E-state index contributed by atoms with van der Waals surface area (Å²) in [4.78, 5) is 12.9. The predicted octanol–water partition coefficient (Wildman–Crippen LogP) is -0.0869. The van der Waals surface area contributed by atoms with Crippen molar-refractivity contribution in [3.63, 3.8) is 0 Å². The SMILES string of the molecule is NC(=O)CCCN1CCCCC1.O. The third-order valence-electron chi connectivity index (χ3n) is 2.35. The molecule has 0 aromatic rings. The second-order valence-corrected chi connectivity index (χ2v) is 3.47. The molecule has 78 valence electrons. The zero-order chi connectivity index (χ0) is 8.81. The molecule has 1 fully saturated rings. The Hall–Kier alpha value is -0.610. The van der Waals surface area contributed by atoms with E-state index < -0.39 is 0 Å². The lowest BCUT2D eigenvalue weighted by atomic mass is 10.1. The molecule has 0 aromatic heterocycles. The Labute approximate surface area is 79.4 Å². The van der Waals surface area contributed by atoms with Gasteiger partial charge in [-0.25, -0.2) is 0 Å². The molecule has 4 N–H and O–H groups in total. The summed E-state index contributed by atoms with van der Waals surface area (Å²) in [6.45, 7) is 3.46. The van der Waals surface area contributed by atoms with Gasteiger partial charge in [-0.1, -0.05) is 6.42 Å². The van der Waals surface area contributed by atoms with Crippen molar-refractivity contribution in [1.29, 1.82) is 0 Å². The maximum absolute atomic E-state index is 10.4. The zero-order valence-corrected chi connectivity index (χ0v) is 8.09. The van der Waals surface area contributed by atoms with E-state index in [0.29, 0.717) is 6.42 Å². The summed E-state index contributed by atoms with van der Waals surface area (Å²) in [5.74, 6) is -0.174. The Bertz CT molecular complexity index is 145. The number of hydrogen-bond donors (Lipinski definition) is 1. The minimum Gasteiger partial charge on any atom is -0.412 e. The smallest absolute Gasteiger partial charge is 0.217 e. The van der Waals surface area contributed by atoms with Gasteiger partial charge in [-0.15, -0.1) is 0 Å². The van der Waals surface area contributed by atoms with Crippen LogP contribution in [0.3, 0.4) is 0 Å². The van der Waals surface area contributed by atoms with Crippen molar-refractivity contribution >= 4 is 5.91 Å². The van der Waals surface area contributed by atoms with Gasteiger partial charge in [-0.2, -0.15) is 0 Å². The number of hydrogen-bond acceptors (Lipinski definition) is 2. The number of carbonyl (C=O) groups is 1. The average molecular weight is 188 g/mol. The second-order valence-electron chi connectivity index (χ2n) is 3.47. The number of primary amides is 1. The molecule has 13 heavy (non-hydrogen) atoms. The van der Waals surface area contributed by atoms with Gasteiger partial charge in [-0.05, 0) is 38.9 Å². The maximum Gasteiger partial charge on any atom is 0.217 e. The summed E-state index contributed by atoms with van der Waals surface area (Å²) >= 11 is 0. The topological polar surface area (TPSA) is 77.8 Å². The molecule has 1 heterocycles. The molecule has 0 aromatic carbocycles. The van der Waals surface area contributed by atoms with Gasteiger partial charge < -0.3 is 16.1 Å². The minimum atomic E-state index is -0.174. The van der Waals surface area contributed by atoms with Crippen molar-refractivity contribution in [2.24, 2.45) is 5.73 Å². The normalized spacial score (nSPS) is 17.8. The molecule has 4 heteroatoms. The van der Waals surface area contributed by atoms with E-state index in [9.17, 15) is 4.79 Å². The second kappa shape index (κ2) is 6.86. The Morgan fingerprint density at radius 2 is 1.85 bits per heavy atom. The van der Waals surface area contributed by atoms with Crippen LogP contribution >= 0.6 is 0 Å². The number of piperidine rings is 1. The van der Waals surface area contributed by atoms with Gasteiger partial charge >= 0.3 is 0 Å². The van der Waals surface area contributed by atoms with Gasteiger partial charge in [0.2, 0.25) is 5.91 Å². The van der Waals surface area contributed by atoms with E-state index >= 15 is 0 Å². The number of rotatable bonds is 4. The third kappa shape index (κ3) is 5.60. The van der Waals surface area contributed by atoms with E-state index in [0.717, 1.165) is 13.0 Å². The third-order valence-corrected chi connectivity index (χ3v) is 2.35. The average Bonchev–Trinajstić information content (AvgIpc) is 2.05. The van der Waals surface area contributed by atoms with Crippen LogP contribution in [-0.4, -0.2) is 35.9 Å². The van der Waals surface area contributed by atoms with Crippen molar-refractivity contribution in [2.45, 2.75) is 32.1 Å². The zero-order valence-electron chi connectivity index (χ0n) is 8.09. The van der Waals surface area contributed by atoms with Crippen LogP contribution in [0.2, 0.25) is 0 Å². The molecule has 1 aliphatic heterocycles. The van der Waals surface area contributed by atoms with Gasteiger partial charge in [0.25, 0.3) is 0 Å². The Morgan fingerprint density at radius 3 is 2.38 bits per heavy atom. The fourth-order valence-corrected chi connectivity index (χ4v) is 1.66. The highest BCUT2D eigenvalue weighted by Crippen LogP contribution is 2.08. The van der Waals surface area contributed by atoms with Gasteiger partial charge in [0, 0.05) is 6.42 Å². The van der Waals surface area contributed by atoms with Crippen LogP contribution in [0, 0.1) is 0 Å². The van der Waals surface area contributed by atoms with E-state index in [1.54, 1.807) is 0 Å². The number of amides is 1. The molecule has 1 rings (SSSR count). The number of nitrogens with zero attached hydrogens (tertiary/aromatic N) is 1. The monoisotopic (exact) mass is 188 g/mol. The molecular weight excluding hydrogens is 168 g/mol. The lowest BCUT2D eigenvalue weighted by Crippen LogP contribution is -2.31. The maximum atomic E-state index is 10.4. The van der Waals surface area contributed by atoms with E-state index in [2.05, 4.69) is 4.90 Å². The van der Waals surface area contributed by atoms with Crippen molar-refractivity contribution < 1.29 is 10.3 Å². The molecule has 0 atom stereocenters. The number of carbonyl (C=O) groups excluding carboxylic acids is 1. The molecule has 0 bridgehead atoms. The Kier molecular flexibility index (Phi) is 6.54. The molecule has 0 saturated carbocycles. The van der Waals surface area contributed by atoms with Crippen molar-refractivity contribution in [1.82, 2.24) is 4.90 Å². The van der Waals surface area contributed by atoms with Gasteiger partial charge in [0.15, 0.2) is 0 Å². The molecule has 0 radical (unpaired) electrons. The Morgan fingerprint density at radius 1 is 1.23 bits per heavy atom. The van der Waals surface area contributed by atoms with Crippen LogP contribution in [0.1, 0.15) is 32.1 Å². The first-order valence-electron chi connectivity index (χ1n) is 4.80. The van der Waals surface area contributed by atoms with E-state index in [-0.39, 0.29) is 11.4 Å². The van der Waals surface area contributed by atoms with Crippen LogP contribution in [0.4, 0.5) is 0 Å². The van der Waals surface area contributed by atoms with Crippen LogP contribution in [0.5, 0.6) is 0 Å². The molecule has 1 aliphatic rings. The number of likely N-dealkylation sites (tertiary alicyclic amines) is 1. The molecule has 4 nitrogen and oxygen atoms in total. The highest BCUT2D eigenvalue weighted by molar-refractivity contribution is 5.73. The van der Waals surface area contributed by atoms with Crippen molar-refractivity contribution in [3.05, 3.63) is 0 Å². The van der Waals surface area contributed by atoms with Crippen molar-refractivity contribution in [2.75, 3.05) is 19.6 Å². The quantitative estimate of drug-likeness (QED) is 0.669. The van der Waals surface area contributed by atoms with Crippen LogP contribution in [0.15, 0.2) is 0 Å². The fraction of sp³-hybridized carbons (Fsp3) is 0.889. The number of nitrogens with two attached hydrogens (primary N) is 1. The largest absolute Gasteiger partial charge is 0.412 e. The lowest BCUT2D eigenvalue weighted by molar-refractivity contribution is -0.118. The van der Waals surface area contributed by atoms with E-state index in [1.807, 2.05) is 0 Å². The van der Waals surface area contributed by atoms with Crippen LogP contribution in [0.25, 0.3) is 0 Å². The van der Waals surface area contributed by atoms with Gasteiger partial charge in [-0.3, -0.25) is 4.79 Å². The van der Waals surface area contributed by atoms with E-state index in [4.69, 9.17) is 5.73 Å². The molecule has 1 saturated heterocycles. The molecule has 1 amide bonds. The van der Waals surface area contributed by atoms with Crippen LogP contribution in [-0.2, 0) is 4.79 Å². The highest BCUT2D eigenvalue weighted by Gasteiger charge is 2.09. The summed E-state index contributed by atoms with van der Waals surface area (Å²) in [5, 5.41) is 0. The first-order valence-corrected chi connectivity index (χ1v) is 4.80. The molecular formula is C9H20N2O2. The molecule has 0 aliphatic carbocycles. The van der Waals surface area contributed by atoms with Gasteiger partial charge in [0.1, 0.15) is 0 Å². The summed E-state index contributed by atoms with van der Waals surface area (Å²) in [6, 6.07) is 0. The summed E-state index contributed by atoms with van der Waals surface area (Å²) in [7, 11) is 0. The lowest BCUT2D eigenvalue weighted by Gasteiger charge is -2.25. The fourth-order valence-electron chi connectivity index (χ4n) is 1.66. The summed E-state index contributed by atoms with van der Waals surface area (Å²) in [6.07, 6.45) is 5.46. The summed E-state index contributed by atoms with van der Waals surface area (Å²) in [5.41, 5.74) is 5.05. The van der Waals surface area contributed by atoms with Crippen LogP contribution < -0.4 is 5.73 Å². The standard InChI is InChI=1S/C9H18N2O.H2O/c10-9(12)5-4-8-11-6-2-1-3-7-11;/h1-8H2,(H2,10,12);1H2. The Balaban J connectivity index is 0.00000144. The highest BCUT2D eigenvalue weighted by atomic mass is 16.1. The van der Waals surface area contributed by atoms with E-state index in [1.165, 1.54) is 32.4 Å². The first-order chi connectivity index (χ1) is 5.79. The predicted molar refractivity (Wildman–Crippen MR) is 52.3 cm³/mol. The minimum absolute atomic E-state index is 0. The molecule has 0 spiro atoms. The van der Waals surface area contributed by atoms with Gasteiger partial charge in [0.05, 0.1) is 0 Å². The summed E-state index contributed by atoms with van der Waals surface area (Å²) < 4.78 is 0. The molecule has 0 unspecified atom stereocenters. The first kappa shape index (κ1) is 12.4.